The summed E-state index contributed by atoms with van der Waals surface area (Å²) in [6, 6.07) is 4.91. The van der Waals surface area contributed by atoms with Crippen LogP contribution in [0.25, 0.3) is 0 Å². The van der Waals surface area contributed by atoms with Crippen LogP contribution in [0.1, 0.15) is 6.92 Å². The molecule has 1 heterocycles. The number of benzene rings is 1. The van der Waals surface area contributed by atoms with Crippen molar-refractivity contribution in [3.63, 3.8) is 0 Å². The van der Waals surface area contributed by atoms with Gasteiger partial charge in [0, 0.05) is 25.7 Å². The van der Waals surface area contributed by atoms with E-state index >= 15 is 0 Å². The summed E-state index contributed by atoms with van der Waals surface area (Å²) in [6.07, 6.45) is 0. The Morgan fingerprint density at radius 3 is 2.67 bits per heavy atom. The number of nitrogens with one attached hydrogen (secondary N) is 1. The lowest BCUT2D eigenvalue weighted by atomic mass is 10.2. The lowest BCUT2D eigenvalue weighted by molar-refractivity contribution is 0.0368. The second-order valence-corrected chi connectivity index (χ2v) is 6.75. The topological polar surface area (TPSA) is 111 Å². The van der Waals surface area contributed by atoms with Gasteiger partial charge in [-0.25, -0.2) is 13.6 Å². The molecule has 8 heteroatoms. The normalized spacial score (nSPS) is 18.4. The van der Waals surface area contributed by atoms with Gasteiger partial charge in [-0.3, -0.25) is 4.90 Å². The molecule has 0 amide bonds. The zero-order valence-corrected chi connectivity index (χ0v) is 12.9. The number of sulfonamides is 1. The summed E-state index contributed by atoms with van der Waals surface area (Å²) in [7, 11) is -3.81. The highest BCUT2D eigenvalue weighted by atomic mass is 32.2. The zero-order chi connectivity index (χ0) is 15.5. The first-order valence-electron chi connectivity index (χ1n) is 6.86. The van der Waals surface area contributed by atoms with E-state index in [1.54, 1.807) is 12.1 Å². The number of nitrogen functional groups attached to an aromatic ring is 1. The molecule has 1 aromatic carbocycles. The monoisotopic (exact) mass is 314 g/mol. The van der Waals surface area contributed by atoms with Gasteiger partial charge in [-0.15, -0.1) is 0 Å². The van der Waals surface area contributed by atoms with E-state index in [0.29, 0.717) is 5.69 Å². The van der Waals surface area contributed by atoms with E-state index in [1.807, 2.05) is 6.92 Å². The first-order valence-corrected chi connectivity index (χ1v) is 8.40. The zero-order valence-electron chi connectivity index (χ0n) is 12.1. The average Bonchev–Trinajstić information content (AvgIpc) is 2.41. The number of nitrogens with two attached hydrogens (primary N) is 2. The van der Waals surface area contributed by atoms with E-state index in [1.165, 1.54) is 6.07 Å². The number of anilines is 2. The van der Waals surface area contributed by atoms with Gasteiger partial charge in [-0.1, -0.05) is 6.07 Å². The number of para-hydroxylation sites is 1. The molecule has 0 radical (unpaired) electrons. The first-order chi connectivity index (χ1) is 9.88. The van der Waals surface area contributed by atoms with E-state index in [9.17, 15) is 8.42 Å². The van der Waals surface area contributed by atoms with Crippen molar-refractivity contribution in [2.75, 3.05) is 43.9 Å². The standard InChI is InChI=1S/C13H22N4O3S/c1-10(9-17-5-7-20-8-6-17)16-11-3-2-4-12(13(11)14)21(15,18)19/h2-4,10,16H,5-9,14H2,1H3,(H2,15,18,19). The highest BCUT2D eigenvalue weighted by molar-refractivity contribution is 7.89. The molecule has 1 aliphatic rings. The van der Waals surface area contributed by atoms with Crippen LogP contribution in [0.4, 0.5) is 11.4 Å². The third-order valence-corrected chi connectivity index (χ3v) is 4.38. The smallest absolute Gasteiger partial charge is 0.240 e. The van der Waals surface area contributed by atoms with Gasteiger partial charge in [-0.2, -0.15) is 0 Å². The second-order valence-electron chi connectivity index (χ2n) is 5.22. The Balaban J connectivity index is 2.05. The van der Waals surface area contributed by atoms with E-state index in [4.69, 9.17) is 15.6 Å². The number of primary sulfonamides is 1. The minimum Gasteiger partial charge on any atom is -0.396 e. The largest absolute Gasteiger partial charge is 0.396 e. The van der Waals surface area contributed by atoms with E-state index in [2.05, 4.69) is 10.2 Å². The van der Waals surface area contributed by atoms with Gasteiger partial charge < -0.3 is 15.8 Å². The van der Waals surface area contributed by atoms with Crippen molar-refractivity contribution in [1.29, 1.82) is 0 Å². The van der Waals surface area contributed by atoms with Crippen molar-refractivity contribution >= 4 is 21.4 Å². The molecule has 118 valence electrons. The highest BCUT2D eigenvalue weighted by Gasteiger charge is 2.17. The van der Waals surface area contributed by atoms with Crippen LogP contribution in [0.15, 0.2) is 23.1 Å². The maximum atomic E-state index is 11.5. The third kappa shape index (κ3) is 4.31. The molecule has 0 aromatic heterocycles. The van der Waals surface area contributed by atoms with Crippen molar-refractivity contribution in [1.82, 2.24) is 4.90 Å². The van der Waals surface area contributed by atoms with Crippen molar-refractivity contribution in [2.45, 2.75) is 17.9 Å². The molecule has 1 atom stereocenters. The molecule has 5 N–H and O–H groups in total. The van der Waals surface area contributed by atoms with Crippen molar-refractivity contribution in [3.8, 4) is 0 Å². The Bertz CT molecular complexity index is 585. The lowest BCUT2D eigenvalue weighted by Gasteiger charge is -2.30. The van der Waals surface area contributed by atoms with Gasteiger partial charge in [0.25, 0.3) is 0 Å². The second kappa shape index (κ2) is 6.61. The Kier molecular flexibility index (Phi) is 5.04. The summed E-state index contributed by atoms with van der Waals surface area (Å²) < 4.78 is 28.2. The molecule has 0 saturated carbocycles. The molecule has 21 heavy (non-hydrogen) atoms. The Morgan fingerprint density at radius 2 is 2.05 bits per heavy atom. The number of morpholine rings is 1. The molecule has 7 nitrogen and oxygen atoms in total. The minimum absolute atomic E-state index is 0.0499. The van der Waals surface area contributed by atoms with Crippen LogP contribution < -0.4 is 16.2 Å². The third-order valence-electron chi connectivity index (χ3n) is 3.41. The maximum Gasteiger partial charge on any atom is 0.240 e. The van der Waals surface area contributed by atoms with Gasteiger partial charge in [0.1, 0.15) is 4.90 Å². The number of rotatable bonds is 5. The molecule has 1 unspecified atom stereocenters. The minimum atomic E-state index is -3.81. The lowest BCUT2D eigenvalue weighted by Crippen LogP contribution is -2.42. The first kappa shape index (κ1) is 16.0. The fourth-order valence-electron chi connectivity index (χ4n) is 2.40. The molecular weight excluding hydrogens is 292 g/mol. The average molecular weight is 314 g/mol. The summed E-state index contributed by atoms with van der Waals surface area (Å²) >= 11 is 0. The molecular formula is C13H22N4O3S. The van der Waals surface area contributed by atoms with Crippen LogP contribution in [-0.2, 0) is 14.8 Å². The molecule has 1 saturated heterocycles. The summed E-state index contributed by atoms with van der Waals surface area (Å²) in [4.78, 5) is 2.24. The van der Waals surface area contributed by atoms with Gasteiger partial charge in [-0.05, 0) is 19.1 Å². The maximum absolute atomic E-state index is 11.5. The Hall–Kier alpha value is -1.35. The van der Waals surface area contributed by atoms with Crippen molar-refractivity contribution < 1.29 is 13.2 Å². The van der Waals surface area contributed by atoms with Crippen LogP contribution in [0, 0.1) is 0 Å². The van der Waals surface area contributed by atoms with Gasteiger partial charge in [0.2, 0.25) is 10.0 Å². The summed E-state index contributed by atoms with van der Waals surface area (Å²) in [6.45, 7) is 6.16. The van der Waals surface area contributed by atoms with Gasteiger partial charge in [0.15, 0.2) is 0 Å². The number of nitrogens with zero attached hydrogens (tertiary/aromatic N) is 1. The molecule has 1 aromatic rings. The van der Waals surface area contributed by atoms with E-state index < -0.39 is 10.0 Å². The highest BCUT2D eigenvalue weighted by Crippen LogP contribution is 2.26. The van der Waals surface area contributed by atoms with Gasteiger partial charge in [0.05, 0.1) is 24.6 Å². The Labute approximate surface area is 125 Å². The fourth-order valence-corrected chi connectivity index (χ4v) is 3.08. The van der Waals surface area contributed by atoms with Crippen LogP contribution in [0.5, 0.6) is 0 Å². The summed E-state index contributed by atoms with van der Waals surface area (Å²) in [5.41, 5.74) is 6.64. The van der Waals surface area contributed by atoms with Crippen LogP contribution in [0.2, 0.25) is 0 Å². The molecule has 0 aliphatic carbocycles. The molecule has 1 fully saturated rings. The van der Waals surface area contributed by atoms with Crippen LogP contribution in [0.3, 0.4) is 0 Å². The van der Waals surface area contributed by atoms with Crippen molar-refractivity contribution in [2.24, 2.45) is 5.14 Å². The molecule has 2 rings (SSSR count). The molecule has 0 bridgehead atoms. The quantitative estimate of drug-likeness (QED) is 0.662. The number of hydrogen-bond acceptors (Lipinski definition) is 6. The summed E-state index contributed by atoms with van der Waals surface area (Å²) in [5, 5.41) is 8.39. The van der Waals surface area contributed by atoms with Crippen molar-refractivity contribution in [3.05, 3.63) is 18.2 Å². The summed E-state index contributed by atoms with van der Waals surface area (Å²) in [5.74, 6) is 0. The SMILES string of the molecule is CC(CN1CCOCC1)Nc1cccc(S(N)(=O)=O)c1N. The predicted molar refractivity (Wildman–Crippen MR) is 82.6 cm³/mol. The molecule has 1 aliphatic heterocycles. The predicted octanol–water partition coefficient (Wildman–Crippen LogP) is 0.0488. The fraction of sp³-hybridized carbons (Fsp3) is 0.538. The van der Waals surface area contributed by atoms with Gasteiger partial charge >= 0.3 is 0 Å². The van der Waals surface area contributed by atoms with Crippen LogP contribution in [-0.4, -0.2) is 52.2 Å². The molecule has 0 spiro atoms. The Morgan fingerprint density at radius 1 is 1.38 bits per heavy atom. The van der Waals surface area contributed by atoms with Crippen LogP contribution >= 0.6 is 0 Å². The van der Waals surface area contributed by atoms with E-state index in [-0.39, 0.29) is 16.6 Å². The van der Waals surface area contributed by atoms with E-state index in [0.717, 1.165) is 32.8 Å². The number of ether oxygens (including phenoxy) is 1. The number of hydrogen-bond donors (Lipinski definition) is 3.